The predicted octanol–water partition coefficient (Wildman–Crippen LogP) is 2.94. The first-order valence-corrected chi connectivity index (χ1v) is 13.5. The van der Waals surface area contributed by atoms with Crippen LogP contribution in [0.1, 0.15) is 29.0 Å². The fourth-order valence-electron chi connectivity index (χ4n) is 5.20. The number of oxazole rings is 1. The number of morpholine rings is 1. The first-order valence-electron chi connectivity index (χ1n) is 13.5. The number of amides is 1. The summed E-state index contributed by atoms with van der Waals surface area (Å²) in [6.07, 6.45) is 5.97. The van der Waals surface area contributed by atoms with Crippen LogP contribution in [0.4, 0.5) is 11.4 Å². The first-order chi connectivity index (χ1) is 19.0. The number of aromatic nitrogens is 4. The molecule has 0 saturated carbocycles. The lowest BCUT2D eigenvalue weighted by Crippen LogP contribution is -2.38. The molecule has 6 rings (SSSR count). The maximum atomic E-state index is 13.3. The first kappa shape index (κ1) is 25.5. The molecular formula is C28H33N7O4. The lowest BCUT2D eigenvalue weighted by atomic mass is 10.1. The van der Waals surface area contributed by atoms with Crippen molar-refractivity contribution in [3.63, 3.8) is 0 Å². The Kier molecular flexibility index (Phi) is 7.27. The number of rotatable bonds is 7. The van der Waals surface area contributed by atoms with Gasteiger partial charge in [-0.05, 0) is 44.0 Å². The highest BCUT2D eigenvalue weighted by molar-refractivity contribution is 6.06. The number of aliphatic hydroxyl groups excluding tert-OH is 1. The number of hydrogen-bond acceptors (Lipinski definition) is 9. The topological polar surface area (TPSA) is 122 Å². The van der Waals surface area contributed by atoms with E-state index in [4.69, 9.17) is 9.15 Å². The van der Waals surface area contributed by atoms with Crippen molar-refractivity contribution in [3.8, 4) is 11.5 Å². The summed E-state index contributed by atoms with van der Waals surface area (Å²) in [7, 11) is 0. The number of fused-ring (bicyclic) bond motifs is 1. The molecule has 4 aromatic rings. The number of benzene rings is 1. The van der Waals surface area contributed by atoms with E-state index in [9.17, 15) is 9.90 Å². The van der Waals surface area contributed by atoms with Crippen LogP contribution in [0.5, 0.6) is 0 Å². The van der Waals surface area contributed by atoms with Crippen molar-refractivity contribution in [1.82, 2.24) is 24.6 Å². The van der Waals surface area contributed by atoms with Crippen molar-refractivity contribution in [2.75, 3.05) is 56.2 Å². The van der Waals surface area contributed by atoms with Crippen molar-refractivity contribution < 1.29 is 19.1 Å². The van der Waals surface area contributed by atoms with Gasteiger partial charge in [0.1, 0.15) is 6.26 Å². The number of carbonyl (C=O) groups is 1. The summed E-state index contributed by atoms with van der Waals surface area (Å²) in [5, 5.41) is 18.7. The summed E-state index contributed by atoms with van der Waals surface area (Å²) in [5.41, 5.74) is 4.40. The summed E-state index contributed by atoms with van der Waals surface area (Å²) in [6.45, 7) is 8.36. The normalized spacial score (nSPS) is 17.1. The van der Waals surface area contributed by atoms with Gasteiger partial charge in [-0.15, -0.1) is 0 Å². The lowest BCUT2D eigenvalue weighted by Gasteiger charge is -2.33. The third-order valence-corrected chi connectivity index (χ3v) is 7.42. The molecule has 0 aliphatic carbocycles. The second-order valence-electron chi connectivity index (χ2n) is 10.1. The fraction of sp³-hybridized carbons (Fsp3) is 0.429. The van der Waals surface area contributed by atoms with Crippen molar-refractivity contribution in [2.45, 2.75) is 32.4 Å². The molecule has 204 valence electrons. The van der Waals surface area contributed by atoms with Crippen LogP contribution in [-0.4, -0.2) is 87.7 Å². The SMILES string of the molecule is Cc1cc(-c2nc(C(=O)Nc3cc4cnn(CCN5CCOCC5)c4cc3N3CCC(O)CC3)co2)ccn1. The van der Waals surface area contributed by atoms with Gasteiger partial charge in [-0.2, -0.15) is 5.10 Å². The Labute approximate surface area is 226 Å². The minimum Gasteiger partial charge on any atom is -0.444 e. The number of pyridine rings is 1. The van der Waals surface area contributed by atoms with Gasteiger partial charge in [-0.3, -0.25) is 19.4 Å². The number of aliphatic hydroxyl groups is 1. The molecule has 0 bridgehead atoms. The summed E-state index contributed by atoms with van der Waals surface area (Å²) >= 11 is 0. The van der Waals surface area contributed by atoms with Crippen molar-refractivity contribution in [3.05, 3.63) is 54.3 Å². The number of carbonyl (C=O) groups excluding carboxylic acids is 1. The van der Waals surface area contributed by atoms with Gasteiger partial charge in [-0.1, -0.05) is 0 Å². The van der Waals surface area contributed by atoms with Gasteiger partial charge in [0.25, 0.3) is 5.91 Å². The maximum Gasteiger partial charge on any atom is 0.277 e. The smallest absolute Gasteiger partial charge is 0.277 e. The second kappa shape index (κ2) is 11.1. The van der Waals surface area contributed by atoms with Gasteiger partial charge < -0.3 is 24.5 Å². The number of nitrogens with zero attached hydrogens (tertiary/aromatic N) is 6. The van der Waals surface area contributed by atoms with Crippen LogP contribution in [0.2, 0.25) is 0 Å². The number of aryl methyl sites for hydroxylation is 1. The van der Waals surface area contributed by atoms with Crippen molar-refractivity contribution in [1.29, 1.82) is 0 Å². The third-order valence-electron chi connectivity index (χ3n) is 7.42. The van der Waals surface area contributed by atoms with Crippen LogP contribution in [0.25, 0.3) is 22.4 Å². The van der Waals surface area contributed by atoms with Gasteiger partial charge in [0.2, 0.25) is 5.89 Å². The Morgan fingerprint density at radius 2 is 1.95 bits per heavy atom. The molecular weight excluding hydrogens is 498 g/mol. The van der Waals surface area contributed by atoms with Crippen LogP contribution in [0.3, 0.4) is 0 Å². The largest absolute Gasteiger partial charge is 0.444 e. The van der Waals surface area contributed by atoms with Gasteiger partial charge in [-0.25, -0.2) is 4.98 Å². The zero-order valence-electron chi connectivity index (χ0n) is 22.0. The monoisotopic (exact) mass is 531 g/mol. The molecule has 2 saturated heterocycles. The predicted molar refractivity (Wildman–Crippen MR) is 147 cm³/mol. The number of anilines is 2. The number of hydrogen-bond donors (Lipinski definition) is 2. The van der Waals surface area contributed by atoms with Gasteiger partial charge in [0.15, 0.2) is 5.69 Å². The van der Waals surface area contributed by atoms with Crippen LogP contribution in [0.15, 0.2) is 47.3 Å². The summed E-state index contributed by atoms with van der Waals surface area (Å²) in [6, 6.07) is 7.73. The fourth-order valence-corrected chi connectivity index (χ4v) is 5.20. The van der Waals surface area contributed by atoms with Gasteiger partial charge in [0.05, 0.1) is 49.0 Å². The standard InChI is InChI=1S/C28H33N7O4/c1-19-14-20(2-5-29-19)28-32-24(18-39-28)27(37)31-23-15-21-17-30-35(9-8-33-10-12-38-13-11-33)25(21)16-26(23)34-6-3-22(36)4-7-34/h2,5,14-18,22,36H,3-4,6-13H2,1H3,(H,31,37). The highest BCUT2D eigenvalue weighted by Gasteiger charge is 2.23. The third kappa shape index (κ3) is 5.65. The minimum absolute atomic E-state index is 0.195. The van der Waals surface area contributed by atoms with Gasteiger partial charge >= 0.3 is 0 Å². The summed E-state index contributed by atoms with van der Waals surface area (Å²) < 4.78 is 13.1. The van der Waals surface area contributed by atoms with Crippen molar-refractivity contribution in [2.24, 2.45) is 0 Å². The van der Waals surface area contributed by atoms with E-state index in [1.165, 1.54) is 6.26 Å². The Bertz CT molecular complexity index is 1450. The van der Waals surface area contributed by atoms with E-state index < -0.39 is 0 Å². The Balaban J connectivity index is 1.27. The average molecular weight is 532 g/mol. The van der Waals surface area contributed by atoms with E-state index in [1.807, 2.05) is 29.9 Å². The molecule has 0 spiro atoms. The van der Waals surface area contributed by atoms with Gasteiger partial charge in [0, 0.05) is 55.6 Å². The molecule has 0 unspecified atom stereocenters. The van der Waals surface area contributed by atoms with Crippen molar-refractivity contribution >= 4 is 28.2 Å². The molecule has 39 heavy (non-hydrogen) atoms. The van der Waals surface area contributed by atoms with Crippen LogP contribution in [0, 0.1) is 6.92 Å². The van der Waals surface area contributed by atoms with E-state index in [2.05, 4.69) is 36.2 Å². The maximum absolute atomic E-state index is 13.3. The van der Waals surface area contributed by atoms with E-state index in [0.29, 0.717) is 37.5 Å². The Morgan fingerprint density at radius 1 is 1.13 bits per heavy atom. The zero-order valence-corrected chi connectivity index (χ0v) is 22.0. The van der Waals surface area contributed by atoms with E-state index in [-0.39, 0.29) is 17.7 Å². The molecule has 2 aliphatic heterocycles. The molecule has 11 heteroatoms. The number of piperidine rings is 1. The number of nitrogens with one attached hydrogen (secondary N) is 1. The summed E-state index contributed by atoms with van der Waals surface area (Å²) in [5.74, 6) is 0.0148. The number of ether oxygens (including phenoxy) is 1. The van der Waals surface area contributed by atoms with Crippen LogP contribution >= 0.6 is 0 Å². The van der Waals surface area contributed by atoms with Crippen LogP contribution in [-0.2, 0) is 11.3 Å². The molecule has 1 amide bonds. The minimum atomic E-state index is -0.354. The highest BCUT2D eigenvalue weighted by atomic mass is 16.5. The molecule has 3 aromatic heterocycles. The van der Waals surface area contributed by atoms with E-state index in [0.717, 1.165) is 67.2 Å². The molecule has 0 radical (unpaired) electrons. The molecule has 5 heterocycles. The molecule has 2 fully saturated rings. The van der Waals surface area contributed by atoms with E-state index >= 15 is 0 Å². The molecule has 11 nitrogen and oxygen atoms in total. The highest BCUT2D eigenvalue weighted by Crippen LogP contribution is 2.34. The Morgan fingerprint density at radius 3 is 2.74 bits per heavy atom. The molecule has 1 aromatic carbocycles. The zero-order chi connectivity index (χ0) is 26.8. The molecule has 2 aliphatic rings. The Hall–Kier alpha value is -3.80. The molecule has 2 N–H and O–H groups in total. The summed E-state index contributed by atoms with van der Waals surface area (Å²) in [4.78, 5) is 26.5. The van der Waals surface area contributed by atoms with E-state index in [1.54, 1.807) is 12.3 Å². The lowest BCUT2D eigenvalue weighted by molar-refractivity contribution is 0.0361. The average Bonchev–Trinajstić information content (AvgIpc) is 3.60. The quantitative estimate of drug-likeness (QED) is 0.371. The molecule has 0 atom stereocenters. The van der Waals surface area contributed by atoms with Crippen LogP contribution < -0.4 is 10.2 Å². The second-order valence-corrected chi connectivity index (χ2v) is 10.1.